The molecular weight excluding hydrogens is 138 g/mol. The van der Waals surface area contributed by atoms with Gasteiger partial charge in [0.15, 0.2) is 6.26 Å². The first-order valence-corrected chi connectivity index (χ1v) is 4.08. The lowest BCUT2D eigenvalue weighted by atomic mass is 10.3. The molecule has 2 nitrogen and oxygen atoms in total. The van der Waals surface area contributed by atoms with E-state index in [0.717, 1.165) is 12.5 Å². The van der Waals surface area contributed by atoms with Crippen LogP contribution in [0.3, 0.4) is 0 Å². The van der Waals surface area contributed by atoms with Crippen LogP contribution in [0, 0.1) is 5.92 Å². The van der Waals surface area contributed by atoms with Crippen LogP contribution in [0.15, 0.2) is 23.3 Å². The summed E-state index contributed by atoms with van der Waals surface area (Å²) in [7, 11) is 0. The first kappa shape index (κ1) is 10.2. The largest absolute Gasteiger partial charge is 0.412 e. The fraction of sp³-hybridized carbons (Fsp3) is 0.667. The third-order valence-electron chi connectivity index (χ3n) is 0.892. The predicted molar refractivity (Wildman–Crippen MR) is 45.1 cm³/mol. The van der Waals surface area contributed by atoms with Gasteiger partial charge in [0.05, 0.1) is 0 Å². The Morgan fingerprint density at radius 1 is 1.36 bits per heavy atom. The van der Waals surface area contributed by atoms with E-state index >= 15 is 0 Å². The zero-order valence-electron chi connectivity index (χ0n) is 7.87. The molecule has 0 saturated heterocycles. The number of rotatable bonds is 1. The fourth-order valence-corrected chi connectivity index (χ4v) is 0.442. The average molecular weight is 156 g/mol. The van der Waals surface area contributed by atoms with Crippen LogP contribution in [0.5, 0.6) is 0 Å². The van der Waals surface area contributed by atoms with Crippen molar-refractivity contribution in [3.8, 4) is 0 Å². The number of hydrogen-bond acceptors (Lipinski definition) is 1. The van der Waals surface area contributed by atoms with Crippen molar-refractivity contribution >= 4 is 0 Å². The van der Waals surface area contributed by atoms with Crippen molar-refractivity contribution < 1.29 is 8.98 Å². The second kappa shape index (κ2) is 5.96. The van der Waals surface area contributed by atoms with E-state index in [4.69, 9.17) is 4.42 Å². The third-order valence-corrected chi connectivity index (χ3v) is 0.892. The van der Waals surface area contributed by atoms with Crippen molar-refractivity contribution in [3.05, 3.63) is 18.9 Å². The minimum absolute atomic E-state index is 0.833. The van der Waals surface area contributed by atoms with Crippen molar-refractivity contribution in [2.24, 2.45) is 5.92 Å². The Bertz CT molecular complexity index is 153. The quantitative estimate of drug-likeness (QED) is 0.570. The summed E-state index contributed by atoms with van der Waals surface area (Å²) in [5, 5.41) is 0. The van der Waals surface area contributed by atoms with E-state index in [2.05, 4.69) is 27.7 Å². The van der Waals surface area contributed by atoms with Crippen molar-refractivity contribution in [1.82, 2.24) is 0 Å². The van der Waals surface area contributed by atoms with Gasteiger partial charge >= 0.3 is 6.39 Å². The average Bonchev–Trinajstić information content (AvgIpc) is 2.36. The number of aryl methyl sites for hydroxylation is 1. The van der Waals surface area contributed by atoms with Crippen molar-refractivity contribution in [1.29, 1.82) is 0 Å². The van der Waals surface area contributed by atoms with Crippen LogP contribution in [-0.4, -0.2) is 0 Å². The second-order valence-electron chi connectivity index (χ2n) is 3.09. The lowest BCUT2D eigenvalue weighted by Gasteiger charge is -1.79. The molecule has 1 aromatic heterocycles. The molecule has 0 atom stereocenters. The van der Waals surface area contributed by atoms with Gasteiger partial charge in [-0.05, 0) is 12.8 Å². The van der Waals surface area contributed by atoms with Gasteiger partial charge in [-0.3, -0.25) is 0 Å². The van der Waals surface area contributed by atoms with Crippen LogP contribution in [0.2, 0.25) is 0 Å². The molecular formula is C9H18NO+. The zero-order valence-corrected chi connectivity index (χ0v) is 7.87. The molecule has 0 radical (unpaired) electrons. The Labute approximate surface area is 68.9 Å². The van der Waals surface area contributed by atoms with Gasteiger partial charge in [0, 0.05) is 0 Å². The number of nitrogens with zero attached hydrogens (tertiary/aromatic N) is 1. The molecule has 0 bridgehead atoms. The SMILES string of the molecule is CC(C)C.CC[n+]1ccoc1. The van der Waals surface area contributed by atoms with Crippen LogP contribution < -0.4 is 4.57 Å². The lowest BCUT2D eigenvalue weighted by molar-refractivity contribution is -0.696. The summed E-state index contributed by atoms with van der Waals surface area (Å²) < 4.78 is 6.73. The summed E-state index contributed by atoms with van der Waals surface area (Å²) in [5.74, 6) is 0.833. The van der Waals surface area contributed by atoms with Gasteiger partial charge in [0.1, 0.15) is 6.54 Å². The maximum Gasteiger partial charge on any atom is 0.334 e. The Morgan fingerprint density at radius 2 is 1.91 bits per heavy atom. The van der Waals surface area contributed by atoms with Crippen molar-refractivity contribution in [2.45, 2.75) is 34.2 Å². The number of hydrogen-bond donors (Lipinski definition) is 0. The molecule has 0 fully saturated rings. The fourth-order valence-electron chi connectivity index (χ4n) is 0.442. The Kier molecular flexibility index (Phi) is 5.53. The normalized spacial score (nSPS) is 9.18. The molecule has 0 aliphatic heterocycles. The second-order valence-corrected chi connectivity index (χ2v) is 3.09. The molecule has 11 heavy (non-hydrogen) atoms. The van der Waals surface area contributed by atoms with E-state index in [-0.39, 0.29) is 0 Å². The van der Waals surface area contributed by atoms with Gasteiger partial charge in [-0.25, -0.2) is 0 Å². The molecule has 0 aliphatic carbocycles. The summed E-state index contributed by atoms with van der Waals surface area (Å²) in [6, 6.07) is 0. The number of oxazole rings is 1. The molecule has 2 heteroatoms. The molecule has 1 rings (SSSR count). The first-order chi connectivity index (χ1) is 5.16. The highest BCUT2D eigenvalue weighted by atomic mass is 16.3. The highest BCUT2D eigenvalue weighted by Gasteiger charge is 1.90. The van der Waals surface area contributed by atoms with Crippen LogP contribution >= 0.6 is 0 Å². The zero-order chi connectivity index (χ0) is 8.69. The minimum Gasteiger partial charge on any atom is -0.412 e. The van der Waals surface area contributed by atoms with Crippen molar-refractivity contribution in [2.75, 3.05) is 0 Å². The first-order valence-electron chi connectivity index (χ1n) is 4.08. The Balaban J connectivity index is 0.000000218. The predicted octanol–water partition coefficient (Wildman–Crippen LogP) is 2.25. The Morgan fingerprint density at radius 3 is 2.09 bits per heavy atom. The molecule has 0 N–H and O–H groups in total. The van der Waals surface area contributed by atoms with Crippen LogP contribution in [0.1, 0.15) is 27.7 Å². The highest BCUT2D eigenvalue weighted by molar-refractivity contribution is 4.45. The van der Waals surface area contributed by atoms with E-state index < -0.39 is 0 Å². The van der Waals surface area contributed by atoms with Gasteiger partial charge in [-0.2, -0.15) is 4.57 Å². The van der Waals surface area contributed by atoms with Crippen molar-refractivity contribution in [3.63, 3.8) is 0 Å². The summed E-state index contributed by atoms with van der Waals surface area (Å²) in [6.07, 6.45) is 5.23. The van der Waals surface area contributed by atoms with Gasteiger partial charge in [-0.15, -0.1) is 0 Å². The molecule has 0 aromatic carbocycles. The Hall–Kier alpha value is -0.790. The van der Waals surface area contributed by atoms with E-state index in [1.165, 1.54) is 0 Å². The van der Waals surface area contributed by atoms with Gasteiger partial charge in [-0.1, -0.05) is 20.8 Å². The van der Waals surface area contributed by atoms with E-state index in [1.54, 1.807) is 12.7 Å². The molecule has 0 amide bonds. The topological polar surface area (TPSA) is 17.0 Å². The summed E-state index contributed by atoms with van der Waals surface area (Å²) >= 11 is 0. The summed E-state index contributed by atoms with van der Waals surface area (Å²) in [6.45, 7) is 9.55. The van der Waals surface area contributed by atoms with E-state index in [1.807, 2.05) is 10.8 Å². The standard InChI is InChI=1S/C5H8NO.C4H10/c1-2-6-3-4-7-5-6;1-4(2)3/h3-5H,2H2,1H3;4H,1-3H3/q+1;. The maximum atomic E-state index is 4.77. The van der Waals surface area contributed by atoms with Gasteiger partial charge in [0.25, 0.3) is 0 Å². The third kappa shape index (κ3) is 7.10. The van der Waals surface area contributed by atoms with Crippen LogP contribution in [0.4, 0.5) is 0 Å². The maximum absolute atomic E-state index is 4.77. The van der Waals surface area contributed by atoms with Gasteiger partial charge in [0.2, 0.25) is 6.20 Å². The molecule has 0 aliphatic rings. The molecule has 0 spiro atoms. The highest BCUT2D eigenvalue weighted by Crippen LogP contribution is 1.81. The van der Waals surface area contributed by atoms with Gasteiger partial charge < -0.3 is 4.42 Å². The minimum atomic E-state index is 0.833. The van der Waals surface area contributed by atoms with Crippen LogP contribution in [0.25, 0.3) is 0 Å². The molecule has 1 aromatic rings. The van der Waals surface area contributed by atoms with E-state index in [0.29, 0.717) is 0 Å². The smallest absolute Gasteiger partial charge is 0.334 e. The van der Waals surface area contributed by atoms with E-state index in [9.17, 15) is 0 Å². The summed E-state index contributed by atoms with van der Waals surface area (Å²) in [5.41, 5.74) is 0. The molecule has 0 saturated carbocycles. The molecule has 1 heterocycles. The van der Waals surface area contributed by atoms with Crippen LogP contribution in [-0.2, 0) is 6.54 Å². The summed E-state index contributed by atoms with van der Waals surface area (Å²) in [4.78, 5) is 0. The monoisotopic (exact) mass is 156 g/mol. The number of aromatic nitrogens is 1. The molecule has 0 unspecified atom stereocenters. The lowest BCUT2D eigenvalue weighted by Crippen LogP contribution is -2.27. The molecule has 64 valence electrons.